The fourth-order valence-electron chi connectivity index (χ4n) is 2.90. The van der Waals surface area contributed by atoms with Gasteiger partial charge in [-0.2, -0.15) is 0 Å². The minimum Gasteiger partial charge on any atom is -0.481 e. The highest BCUT2D eigenvalue weighted by atomic mass is 16.5. The topological polar surface area (TPSA) is 92.9 Å². The SMILES string of the molecule is CCCC(CCN)CCC(=O)N1CCOCC1CC(=O)O. The number of nitrogens with zero attached hydrogens (tertiary/aromatic N) is 1. The van der Waals surface area contributed by atoms with Gasteiger partial charge >= 0.3 is 5.97 Å². The Bertz CT molecular complexity index is 330. The summed E-state index contributed by atoms with van der Waals surface area (Å²) < 4.78 is 5.29. The monoisotopic (exact) mass is 300 g/mol. The third-order valence-corrected chi connectivity index (χ3v) is 4.00. The van der Waals surface area contributed by atoms with Crippen molar-refractivity contribution in [3.8, 4) is 0 Å². The van der Waals surface area contributed by atoms with Crippen LogP contribution < -0.4 is 5.73 Å². The van der Waals surface area contributed by atoms with Crippen LogP contribution in [0.25, 0.3) is 0 Å². The molecule has 3 N–H and O–H groups in total. The van der Waals surface area contributed by atoms with Gasteiger partial charge in [-0.25, -0.2) is 0 Å². The number of hydrogen-bond acceptors (Lipinski definition) is 4. The van der Waals surface area contributed by atoms with E-state index in [1.165, 1.54) is 0 Å². The van der Waals surface area contributed by atoms with E-state index < -0.39 is 5.97 Å². The lowest BCUT2D eigenvalue weighted by atomic mass is 9.94. The average Bonchev–Trinajstić information content (AvgIpc) is 2.45. The van der Waals surface area contributed by atoms with Crippen LogP contribution in [-0.2, 0) is 14.3 Å². The van der Waals surface area contributed by atoms with Crippen molar-refractivity contribution in [1.82, 2.24) is 4.90 Å². The number of nitrogens with two attached hydrogens (primary N) is 1. The third kappa shape index (κ3) is 6.44. The number of aliphatic carboxylic acids is 1. The molecule has 1 saturated heterocycles. The molecule has 0 bridgehead atoms. The summed E-state index contributed by atoms with van der Waals surface area (Å²) in [4.78, 5) is 24.9. The van der Waals surface area contributed by atoms with Crippen LogP contribution in [0.4, 0.5) is 0 Å². The molecule has 0 aromatic rings. The molecular weight excluding hydrogens is 272 g/mol. The van der Waals surface area contributed by atoms with E-state index in [-0.39, 0.29) is 18.4 Å². The first kappa shape index (κ1) is 17.9. The molecule has 21 heavy (non-hydrogen) atoms. The molecule has 1 heterocycles. The van der Waals surface area contributed by atoms with Crippen molar-refractivity contribution >= 4 is 11.9 Å². The van der Waals surface area contributed by atoms with E-state index in [0.29, 0.717) is 38.6 Å². The van der Waals surface area contributed by atoms with Gasteiger partial charge in [-0.1, -0.05) is 19.8 Å². The Morgan fingerprint density at radius 3 is 2.76 bits per heavy atom. The molecule has 6 heteroatoms. The number of carboxylic acid groups (broad SMARTS) is 1. The maximum atomic E-state index is 12.3. The molecule has 1 fully saturated rings. The van der Waals surface area contributed by atoms with Crippen LogP contribution in [0.1, 0.15) is 45.4 Å². The van der Waals surface area contributed by atoms with Crippen molar-refractivity contribution in [1.29, 1.82) is 0 Å². The summed E-state index contributed by atoms with van der Waals surface area (Å²) >= 11 is 0. The lowest BCUT2D eigenvalue weighted by Gasteiger charge is -2.35. The van der Waals surface area contributed by atoms with Crippen LogP contribution in [0.5, 0.6) is 0 Å². The summed E-state index contributed by atoms with van der Waals surface area (Å²) in [7, 11) is 0. The predicted molar refractivity (Wildman–Crippen MR) is 79.9 cm³/mol. The van der Waals surface area contributed by atoms with E-state index in [1.54, 1.807) is 4.90 Å². The Balaban J connectivity index is 2.48. The zero-order valence-corrected chi connectivity index (χ0v) is 12.9. The standard InChI is InChI=1S/C15H28N2O4/c1-2-3-12(6-7-16)4-5-14(18)17-8-9-21-11-13(17)10-15(19)20/h12-13H,2-11,16H2,1H3,(H,19,20). The number of hydrogen-bond donors (Lipinski definition) is 2. The summed E-state index contributed by atoms with van der Waals surface area (Å²) in [6.07, 6.45) is 4.39. The molecular formula is C15H28N2O4. The lowest BCUT2D eigenvalue weighted by Crippen LogP contribution is -2.49. The van der Waals surface area contributed by atoms with E-state index in [2.05, 4.69) is 6.92 Å². The summed E-state index contributed by atoms with van der Waals surface area (Å²) in [6.45, 7) is 4.09. The smallest absolute Gasteiger partial charge is 0.305 e. The van der Waals surface area contributed by atoms with Gasteiger partial charge in [0.05, 0.1) is 25.7 Å². The number of carbonyl (C=O) groups is 2. The van der Waals surface area contributed by atoms with Crippen LogP contribution >= 0.6 is 0 Å². The molecule has 0 spiro atoms. The highest BCUT2D eigenvalue weighted by Gasteiger charge is 2.29. The number of morpholine rings is 1. The minimum atomic E-state index is -0.893. The second kappa shape index (κ2) is 9.73. The molecule has 122 valence electrons. The van der Waals surface area contributed by atoms with Gasteiger partial charge in [0.15, 0.2) is 0 Å². The van der Waals surface area contributed by atoms with Crippen molar-refractivity contribution in [2.24, 2.45) is 11.7 Å². The first-order chi connectivity index (χ1) is 10.1. The van der Waals surface area contributed by atoms with Gasteiger partial charge in [0.1, 0.15) is 0 Å². The number of amides is 1. The summed E-state index contributed by atoms with van der Waals surface area (Å²) in [5.74, 6) is -0.360. The Hall–Kier alpha value is -1.14. The molecule has 1 aliphatic heterocycles. The number of rotatable bonds is 9. The van der Waals surface area contributed by atoms with Crippen molar-refractivity contribution in [3.05, 3.63) is 0 Å². The molecule has 0 saturated carbocycles. The second-order valence-corrected chi connectivity index (χ2v) is 5.68. The number of ether oxygens (including phenoxy) is 1. The second-order valence-electron chi connectivity index (χ2n) is 5.68. The van der Waals surface area contributed by atoms with Gasteiger partial charge in [-0.3, -0.25) is 9.59 Å². The Kier molecular flexibility index (Phi) is 8.30. The maximum Gasteiger partial charge on any atom is 0.305 e. The highest BCUT2D eigenvalue weighted by Crippen LogP contribution is 2.19. The molecule has 0 radical (unpaired) electrons. The van der Waals surface area contributed by atoms with Crippen LogP contribution in [0, 0.1) is 5.92 Å². The van der Waals surface area contributed by atoms with E-state index in [0.717, 1.165) is 25.7 Å². The van der Waals surface area contributed by atoms with Gasteiger partial charge < -0.3 is 20.5 Å². The summed E-state index contributed by atoms with van der Waals surface area (Å²) in [5, 5.41) is 8.92. The third-order valence-electron chi connectivity index (χ3n) is 4.00. The first-order valence-corrected chi connectivity index (χ1v) is 7.87. The lowest BCUT2D eigenvalue weighted by molar-refractivity contribution is -0.146. The van der Waals surface area contributed by atoms with Crippen LogP contribution in [-0.4, -0.2) is 54.2 Å². The van der Waals surface area contributed by atoms with Gasteiger partial charge in [0.25, 0.3) is 0 Å². The number of carboxylic acids is 1. The minimum absolute atomic E-state index is 0.0441. The predicted octanol–water partition coefficient (Wildman–Crippen LogP) is 1.23. The van der Waals surface area contributed by atoms with Crippen LogP contribution in [0.2, 0.25) is 0 Å². The molecule has 1 rings (SSSR count). The molecule has 1 amide bonds. The normalized spacial score (nSPS) is 20.3. The van der Waals surface area contributed by atoms with Crippen molar-refractivity contribution in [2.45, 2.75) is 51.5 Å². The first-order valence-electron chi connectivity index (χ1n) is 7.87. The van der Waals surface area contributed by atoms with Gasteiger partial charge in [0.2, 0.25) is 5.91 Å². The Morgan fingerprint density at radius 1 is 1.38 bits per heavy atom. The fourth-order valence-corrected chi connectivity index (χ4v) is 2.90. The fraction of sp³-hybridized carbons (Fsp3) is 0.867. The molecule has 0 aromatic carbocycles. The Morgan fingerprint density at radius 2 is 2.14 bits per heavy atom. The molecule has 2 atom stereocenters. The summed E-state index contributed by atoms with van der Waals surface area (Å²) in [5.41, 5.74) is 5.61. The zero-order chi connectivity index (χ0) is 15.7. The molecule has 6 nitrogen and oxygen atoms in total. The van der Waals surface area contributed by atoms with Gasteiger partial charge in [-0.05, 0) is 25.3 Å². The maximum absolute atomic E-state index is 12.3. The molecule has 0 aromatic heterocycles. The van der Waals surface area contributed by atoms with E-state index in [4.69, 9.17) is 15.6 Å². The van der Waals surface area contributed by atoms with Crippen LogP contribution in [0.3, 0.4) is 0 Å². The van der Waals surface area contributed by atoms with E-state index >= 15 is 0 Å². The van der Waals surface area contributed by atoms with Crippen molar-refractivity contribution in [2.75, 3.05) is 26.3 Å². The molecule has 0 aliphatic carbocycles. The highest BCUT2D eigenvalue weighted by molar-refractivity contribution is 5.77. The van der Waals surface area contributed by atoms with Crippen molar-refractivity contribution in [3.63, 3.8) is 0 Å². The average molecular weight is 300 g/mol. The largest absolute Gasteiger partial charge is 0.481 e. The van der Waals surface area contributed by atoms with E-state index in [9.17, 15) is 9.59 Å². The van der Waals surface area contributed by atoms with Crippen LogP contribution in [0.15, 0.2) is 0 Å². The van der Waals surface area contributed by atoms with Crippen molar-refractivity contribution < 1.29 is 19.4 Å². The zero-order valence-electron chi connectivity index (χ0n) is 12.9. The van der Waals surface area contributed by atoms with Gasteiger partial charge in [0, 0.05) is 13.0 Å². The quantitative estimate of drug-likeness (QED) is 0.668. The molecule has 2 unspecified atom stereocenters. The van der Waals surface area contributed by atoms with E-state index in [1.807, 2.05) is 0 Å². The molecule has 1 aliphatic rings. The Labute approximate surface area is 126 Å². The van der Waals surface area contributed by atoms with Gasteiger partial charge in [-0.15, -0.1) is 0 Å². The summed E-state index contributed by atoms with van der Waals surface area (Å²) in [6, 6.07) is -0.331. The number of carbonyl (C=O) groups excluding carboxylic acids is 1.